The zero-order valence-electron chi connectivity index (χ0n) is 17.3. The number of anilines is 1. The van der Waals surface area contributed by atoms with Crippen LogP contribution in [0.2, 0.25) is 0 Å². The van der Waals surface area contributed by atoms with Crippen LogP contribution in [-0.2, 0) is 19.8 Å². The van der Waals surface area contributed by atoms with Gasteiger partial charge in [-0.3, -0.25) is 9.67 Å². The quantitative estimate of drug-likeness (QED) is 0.344. The summed E-state index contributed by atoms with van der Waals surface area (Å²) in [7, 11) is 3.07. The molecule has 6 nitrogen and oxygen atoms in total. The predicted octanol–water partition coefficient (Wildman–Crippen LogP) is 4.08. The Labute approximate surface area is 191 Å². The molecule has 30 heavy (non-hydrogen) atoms. The zero-order chi connectivity index (χ0) is 21.0. The Morgan fingerprint density at radius 1 is 1.27 bits per heavy atom. The molecular weight excluding hydrogens is 508 g/mol. The van der Waals surface area contributed by atoms with Gasteiger partial charge in [-0.15, -0.1) is 24.0 Å². The topological polar surface area (TPSA) is 57.5 Å². The third-order valence-electron chi connectivity index (χ3n) is 5.04. The van der Waals surface area contributed by atoms with Crippen molar-refractivity contribution in [1.29, 1.82) is 0 Å². The second-order valence-electron chi connectivity index (χ2n) is 7.26. The smallest absolute Gasteiger partial charge is 0.372 e. The number of nitrogens with zero attached hydrogens (tertiary/aromatic N) is 4. The third kappa shape index (κ3) is 6.02. The summed E-state index contributed by atoms with van der Waals surface area (Å²) >= 11 is 0. The van der Waals surface area contributed by atoms with E-state index in [0.29, 0.717) is 5.96 Å². The highest BCUT2D eigenvalue weighted by Crippen LogP contribution is 2.30. The average molecular weight is 536 g/mol. The molecule has 2 heterocycles. The first kappa shape index (κ1) is 24.3. The largest absolute Gasteiger partial charge is 0.435 e. The highest BCUT2D eigenvalue weighted by atomic mass is 127. The maximum Gasteiger partial charge on any atom is 0.435 e. The van der Waals surface area contributed by atoms with Gasteiger partial charge in [0.2, 0.25) is 0 Å². The first-order chi connectivity index (χ1) is 13.8. The van der Waals surface area contributed by atoms with Crippen molar-refractivity contribution < 1.29 is 13.2 Å². The van der Waals surface area contributed by atoms with Crippen molar-refractivity contribution >= 4 is 35.6 Å². The molecule has 1 saturated heterocycles. The first-order valence-corrected chi connectivity index (χ1v) is 9.69. The molecule has 0 radical (unpaired) electrons. The van der Waals surface area contributed by atoms with Gasteiger partial charge in [-0.1, -0.05) is 12.1 Å². The van der Waals surface area contributed by atoms with Crippen molar-refractivity contribution in [2.24, 2.45) is 12.0 Å². The van der Waals surface area contributed by atoms with Crippen LogP contribution in [0.4, 0.5) is 18.9 Å². The summed E-state index contributed by atoms with van der Waals surface area (Å²) in [6.07, 6.45) is -0.698. The van der Waals surface area contributed by atoms with E-state index in [1.165, 1.54) is 36.5 Å². The van der Waals surface area contributed by atoms with E-state index in [0.717, 1.165) is 18.7 Å². The molecule has 3 rings (SSSR count). The molecule has 1 aliphatic heterocycles. The Balaban J connectivity index is 0.00000320. The molecule has 0 aliphatic carbocycles. The number of benzene rings is 1. The third-order valence-corrected chi connectivity index (χ3v) is 5.04. The lowest BCUT2D eigenvalue weighted by Gasteiger charge is -2.22. The highest BCUT2D eigenvalue weighted by Gasteiger charge is 2.36. The minimum atomic E-state index is -4.49. The van der Waals surface area contributed by atoms with Crippen molar-refractivity contribution in [3.8, 4) is 0 Å². The molecule has 0 spiro atoms. The predicted molar refractivity (Wildman–Crippen MR) is 123 cm³/mol. The van der Waals surface area contributed by atoms with Gasteiger partial charge in [0.05, 0.1) is 6.04 Å². The molecule has 166 valence electrons. The van der Waals surface area contributed by atoms with Crippen LogP contribution >= 0.6 is 24.0 Å². The summed E-state index contributed by atoms with van der Waals surface area (Å²) in [5, 5.41) is 9.73. The van der Waals surface area contributed by atoms with Crippen molar-refractivity contribution in [2.75, 3.05) is 25.0 Å². The summed E-state index contributed by atoms with van der Waals surface area (Å²) < 4.78 is 40.5. The van der Waals surface area contributed by atoms with Crippen LogP contribution in [0.3, 0.4) is 0 Å². The monoisotopic (exact) mass is 536 g/mol. The summed E-state index contributed by atoms with van der Waals surface area (Å²) in [6, 6.07) is 8.27. The molecule has 0 amide bonds. The molecule has 10 heteroatoms. The van der Waals surface area contributed by atoms with Gasteiger partial charge < -0.3 is 15.5 Å². The van der Waals surface area contributed by atoms with Gasteiger partial charge in [-0.05, 0) is 37.5 Å². The van der Waals surface area contributed by atoms with Gasteiger partial charge in [0, 0.05) is 51.2 Å². The van der Waals surface area contributed by atoms with Crippen molar-refractivity contribution in [3.05, 3.63) is 47.3 Å². The lowest BCUT2D eigenvalue weighted by molar-refractivity contribution is -0.142. The highest BCUT2D eigenvalue weighted by molar-refractivity contribution is 14.0. The molecule has 0 saturated carbocycles. The second kappa shape index (κ2) is 10.4. The zero-order valence-corrected chi connectivity index (χ0v) is 19.7. The molecule has 0 bridgehead atoms. The number of alkyl halides is 3. The number of rotatable bonds is 5. The van der Waals surface area contributed by atoms with Crippen molar-refractivity contribution in [3.63, 3.8) is 0 Å². The summed E-state index contributed by atoms with van der Waals surface area (Å²) in [5.41, 5.74) is 1.48. The van der Waals surface area contributed by atoms with E-state index >= 15 is 0 Å². The fourth-order valence-electron chi connectivity index (χ4n) is 3.53. The fraction of sp³-hybridized carbons (Fsp3) is 0.500. The van der Waals surface area contributed by atoms with Crippen molar-refractivity contribution in [1.82, 2.24) is 20.4 Å². The molecule has 1 unspecified atom stereocenters. The van der Waals surface area contributed by atoms with Gasteiger partial charge >= 0.3 is 6.18 Å². The lowest BCUT2D eigenvalue weighted by atomic mass is 10.1. The number of hydrogen-bond acceptors (Lipinski definition) is 3. The van der Waals surface area contributed by atoms with Crippen LogP contribution in [0.25, 0.3) is 0 Å². The number of aryl methyl sites for hydroxylation is 1. The maximum absolute atomic E-state index is 13.1. The number of halogens is 4. The lowest BCUT2D eigenvalue weighted by Crippen LogP contribution is -2.38. The van der Waals surface area contributed by atoms with Gasteiger partial charge in [0.15, 0.2) is 11.7 Å². The SMILES string of the molecule is CN=C(NCc1cn(C)nc1C(F)(F)F)NC(C)c1cccc(N2CCCC2)c1.I. The van der Waals surface area contributed by atoms with E-state index in [1.807, 2.05) is 19.1 Å². The van der Waals surface area contributed by atoms with Crippen LogP contribution in [0.15, 0.2) is 35.5 Å². The van der Waals surface area contributed by atoms with Gasteiger partial charge in [-0.25, -0.2) is 0 Å². The number of guanidine groups is 1. The molecular formula is C20H28F3IN6. The average Bonchev–Trinajstić information content (AvgIpc) is 3.34. The standard InChI is InChI=1S/C20H27F3N6.HI/c1-14(15-7-6-8-17(11-15)29-9-4-5-10-29)26-19(24-2)25-12-16-13-28(3)27-18(16)20(21,22)23;/h6-8,11,13-14H,4-5,9-10,12H2,1-3H3,(H2,24,25,26);1H. The van der Waals surface area contributed by atoms with E-state index < -0.39 is 11.9 Å². The summed E-state index contributed by atoms with van der Waals surface area (Å²) in [6.45, 7) is 4.12. The van der Waals surface area contributed by atoms with E-state index in [9.17, 15) is 13.2 Å². The normalized spacial score (nSPS) is 15.7. The Kier molecular flexibility index (Phi) is 8.39. The minimum absolute atomic E-state index is 0. The first-order valence-electron chi connectivity index (χ1n) is 9.69. The van der Waals surface area contributed by atoms with Crippen LogP contribution in [-0.4, -0.2) is 35.9 Å². The van der Waals surface area contributed by atoms with E-state index in [4.69, 9.17) is 0 Å². The Bertz CT molecular complexity index is 858. The number of aromatic nitrogens is 2. The number of nitrogens with one attached hydrogen (secondary N) is 2. The van der Waals surface area contributed by atoms with Gasteiger partial charge in [0.1, 0.15) is 0 Å². The molecule has 1 fully saturated rings. The van der Waals surface area contributed by atoms with Gasteiger partial charge in [-0.2, -0.15) is 18.3 Å². The molecule has 1 aromatic carbocycles. The molecule has 1 aliphatic rings. The summed E-state index contributed by atoms with van der Waals surface area (Å²) in [4.78, 5) is 6.51. The Hall–Kier alpha value is -1.98. The maximum atomic E-state index is 13.1. The van der Waals surface area contributed by atoms with Gasteiger partial charge in [0.25, 0.3) is 0 Å². The van der Waals surface area contributed by atoms with Crippen LogP contribution < -0.4 is 15.5 Å². The Morgan fingerprint density at radius 2 is 1.97 bits per heavy atom. The summed E-state index contributed by atoms with van der Waals surface area (Å²) in [5.74, 6) is 0.432. The van der Waals surface area contributed by atoms with Crippen LogP contribution in [0.1, 0.15) is 42.6 Å². The molecule has 1 atom stereocenters. The molecule has 2 aromatic rings. The fourth-order valence-corrected chi connectivity index (χ4v) is 3.53. The Morgan fingerprint density at radius 3 is 2.60 bits per heavy atom. The van der Waals surface area contributed by atoms with Crippen LogP contribution in [0, 0.1) is 0 Å². The van der Waals surface area contributed by atoms with E-state index in [1.54, 1.807) is 7.05 Å². The minimum Gasteiger partial charge on any atom is -0.372 e. The number of hydrogen-bond donors (Lipinski definition) is 2. The van der Waals surface area contributed by atoms with E-state index in [-0.39, 0.29) is 42.1 Å². The van der Waals surface area contributed by atoms with Crippen LogP contribution in [0.5, 0.6) is 0 Å². The van der Waals surface area contributed by atoms with Crippen molar-refractivity contribution in [2.45, 2.75) is 38.5 Å². The number of aliphatic imine (C=N–C) groups is 1. The molecule has 2 N–H and O–H groups in total. The molecule has 1 aromatic heterocycles. The second-order valence-corrected chi connectivity index (χ2v) is 7.26. The van der Waals surface area contributed by atoms with E-state index in [2.05, 4.69) is 37.8 Å².